The summed E-state index contributed by atoms with van der Waals surface area (Å²) in [6, 6.07) is 21.9. The Labute approximate surface area is 222 Å². The Balaban J connectivity index is 1.38. The maximum atomic E-state index is 13.9. The van der Waals surface area contributed by atoms with Gasteiger partial charge >= 0.3 is 0 Å². The van der Waals surface area contributed by atoms with Crippen LogP contribution in [0.25, 0.3) is 11.6 Å². The Kier molecular flexibility index (Phi) is 4.98. The highest BCUT2D eigenvalue weighted by atomic mass is 16.2. The molecule has 6 aliphatic carbocycles. The van der Waals surface area contributed by atoms with E-state index in [1.807, 2.05) is 6.07 Å². The number of rotatable bonds is 3. The highest BCUT2D eigenvalue weighted by molar-refractivity contribution is 6.32. The zero-order valence-corrected chi connectivity index (χ0v) is 21.6. The highest BCUT2D eigenvalue weighted by Gasteiger charge is 2.49. The summed E-state index contributed by atoms with van der Waals surface area (Å²) in [5.41, 5.74) is 10.1. The maximum Gasteiger partial charge on any atom is 0.188 e. The summed E-state index contributed by atoms with van der Waals surface area (Å²) in [5.74, 6) is 3.35. The molecule has 6 aliphatic rings. The molecule has 3 aromatic rings. The van der Waals surface area contributed by atoms with Gasteiger partial charge in [0, 0.05) is 17.1 Å². The van der Waals surface area contributed by atoms with Gasteiger partial charge in [-0.3, -0.25) is 9.59 Å². The average Bonchev–Trinajstić information content (AvgIpc) is 2.94. The minimum Gasteiger partial charge on any atom is -0.315 e. The molecular formula is C35H33NO2. The first-order chi connectivity index (χ1) is 18.6. The molecule has 3 aromatic carbocycles. The molecule has 4 fully saturated rings. The topological polar surface area (TPSA) is 60.2 Å². The Morgan fingerprint density at radius 1 is 0.684 bits per heavy atom. The predicted octanol–water partition coefficient (Wildman–Crippen LogP) is 4.61. The second-order valence-electron chi connectivity index (χ2n) is 12.6. The van der Waals surface area contributed by atoms with E-state index in [0.29, 0.717) is 11.5 Å². The van der Waals surface area contributed by atoms with Gasteiger partial charge in [-0.1, -0.05) is 72.8 Å². The largest absolute Gasteiger partial charge is 0.315 e. The lowest BCUT2D eigenvalue weighted by Gasteiger charge is -2.54. The van der Waals surface area contributed by atoms with Crippen molar-refractivity contribution < 1.29 is 9.59 Å². The Morgan fingerprint density at radius 3 is 2.08 bits per heavy atom. The molecule has 3 nitrogen and oxygen atoms in total. The first-order valence-corrected chi connectivity index (χ1v) is 14.4. The van der Waals surface area contributed by atoms with Crippen molar-refractivity contribution in [3.63, 3.8) is 0 Å². The van der Waals surface area contributed by atoms with E-state index >= 15 is 0 Å². The van der Waals surface area contributed by atoms with Crippen molar-refractivity contribution in [3.05, 3.63) is 104 Å². The zero-order valence-electron chi connectivity index (χ0n) is 21.6. The summed E-state index contributed by atoms with van der Waals surface area (Å²) in [6.45, 7) is 0. The molecule has 2 N–H and O–H groups in total. The summed E-state index contributed by atoms with van der Waals surface area (Å²) >= 11 is 0. The molecule has 4 saturated carbocycles. The lowest BCUT2D eigenvalue weighted by atomic mass is 9.51. The Hall–Kier alpha value is -3.30. The van der Waals surface area contributed by atoms with Gasteiger partial charge in [-0.15, -0.1) is 0 Å². The molecule has 0 aliphatic heterocycles. The first-order valence-electron chi connectivity index (χ1n) is 14.4. The lowest BCUT2D eigenvalue weighted by molar-refractivity contribution is -0.114. The van der Waals surface area contributed by atoms with Crippen LogP contribution in [0.15, 0.2) is 66.7 Å². The molecule has 0 heterocycles. The normalized spacial score (nSPS) is 32.4. The molecular weight excluding hydrogens is 466 g/mol. The van der Waals surface area contributed by atoms with E-state index in [-0.39, 0.29) is 17.5 Å². The van der Waals surface area contributed by atoms with Crippen LogP contribution in [0.3, 0.4) is 0 Å². The van der Waals surface area contributed by atoms with Gasteiger partial charge in [-0.25, -0.2) is 0 Å². The van der Waals surface area contributed by atoms with Gasteiger partial charge in [0.15, 0.2) is 11.6 Å². The Bertz CT molecular complexity index is 1690. The molecule has 0 radical (unpaired) electrons. The number of ketones is 2. The number of carbonyl (C=O) groups is 2. The third-order valence-corrected chi connectivity index (χ3v) is 10.6. The van der Waals surface area contributed by atoms with Gasteiger partial charge in [-0.05, 0) is 100 Å². The van der Waals surface area contributed by atoms with Crippen LogP contribution in [0.4, 0.5) is 0 Å². The van der Waals surface area contributed by atoms with Crippen molar-refractivity contribution >= 4 is 23.2 Å². The van der Waals surface area contributed by atoms with Crippen LogP contribution in [-0.4, -0.2) is 17.6 Å². The molecule has 0 spiro atoms. The fourth-order valence-corrected chi connectivity index (χ4v) is 9.18. The SMILES string of the molecule is NC1C(=O)C(CC2C3CC4CC(C3)CC2C4)=c2ccc3c(c2C1=O)C(c1ccccc1)C=c1ccccc1=3. The van der Waals surface area contributed by atoms with Crippen LogP contribution >= 0.6 is 0 Å². The minimum absolute atomic E-state index is 0.0668. The van der Waals surface area contributed by atoms with Gasteiger partial charge in [0.25, 0.3) is 0 Å². The smallest absolute Gasteiger partial charge is 0.188 e. The number of carbonyl (C=O) groups excluding carboxylic acids is 2. The molecule has 0 aromatic heterocycles. The number of benzene rings is 3. The molecule has 0 amide bonds. The third kappa shape index (κ3) is 3.24. The van der Waals surface area contributed by atoms with E-state index in [9.17, 15) is 9.59 Å². The lowest BCUT2D eigenvalue weighted by Crippen LogP contribution is -2.50. The average molecular weight is 500 g/mol. The van der Waals surface area contributed by atoms with Crippen LogP contribution in [0.1, 0.15) is 65.9 Å². The monoisotopic (exact) mass is 499 g/mol. The number of hydrogen-bond donors (Lipinski definition) is 1. The number of hydrogen-bond acceptors (Lipinski definition) is 3. The van der Waals surface area contributed by atoms with Crippen LogP contribution in [0.2, 0.25) is 0 Å². The van der Waals surface area contributed by atoms with E-state index in [0.717, 1.165) is 62.4 Å². The molecule has 2 unspecified atom stereocenters. The van der Waals surface area contributed by atoms with Crippen molar-refractivity contribution in [2.75, 3.05) is 0 Å². The molecule has 3 heteroatoms. The summed E-state index contributed by atoms with van der Waals surface area (Å²) in [5, 5.41) is 4.25. The summed E-state index contributed by atoms with van der Waals surface area (Å²) in [6.07, 6.45) is 9.76. The number of Topliss-reactive ketones (excluding diaryl/α,β-unsaturated/α-hetero) is 2. The number of nitrogens with two attached hydrogens (primary N) is 1. The molecule has 9 rings (SSSR count). The highest BCUT2D eigenvalue weighted by Crippen LogP contribution is 2.58. The quantitative estimate of drug-likeness (QED) is 0.536. The summed E-state index contributed by atoms with van der Waals surface area (Å²) in [4.78, 5) is 27.6. The van der Waals surface area contributed by atoms with Crippen LogP contribution < -0.4 is 16.2 Å². The van der Waals surface area contributed by atoms with Crippen molar-refractivity contribution in [2.24, 2.45) is 35.3 Å². The van der Waals surface area contributed by atoms with E-state index in [2.05, 4.69) is 66.7 Å². The zero-order chi connectivity index (χ0) is 25.5. The number of fused-ring (bicyclic) bond motifs is 4. The van der Waals surface area contributed by atoms with Gasteiger partial charge in [-0.2, -0.15) is 0 Å². The molecule has 38 heavy (non-hydrogen) atoms. The summed E-state index contributed by atoms with van der Waals surface area (Å²) in [7, 11) is 0. The van der Waals surface area contributed by atoms with Gasteiger partial charge in [0.05, 0.1) is 0 Å². The van der Waals surface area contributed by atoms with Crippen molar-refractivity contribution in [3.8, 4) is 0 Å². The van der Waals surface area contributed by atoms with E-state index in [1.54, 1.807) is 0 Å². The fourth-order valence-electron chi connectivity index (χ4n) is 9.18. The van der Waals surface area contributed by atoms with E-state index in [4.69, 9.17) is 5.73 Å². The molecule has 0 saturated heterocycles. The standard InChI is InChI=1S/C35H33NO2/c36-33-34(37)30(18-28-23-13-19-12-20(15-23)16-24(28)14-19)27-11-10-26-25-9-5-4-8-22(25)17-29(21-6-2-1-3-7-21)31(26)32(27)35(33)38/h1-11,17,19-20,23-24,28-29,33H,12-16,18,36H2. The van der Waals surface area contributed by atoms with Gasteiger partial charge in [0.1, 0.15) is 6.04 Å². The van der Waals surface area contributed by atoms with Crippen LogP contribution in [0.5, 0.6) is 0 Å². The fraction of sp³-hybridized carbons (Fsp3) is 0.371. The summed E-state index contributed by atoms with van der Waals surface area (Å²) < 4.78 is 0. The van der Waals surface area contributed by atoms with Gasteiger partial charge in [0.2, 0.25) is 0 Å². The first kappa shape index (κ1) is 22.7. The predicted molar refractivity (Wildman–Crippen MR) is 148 cm³/mol. The minimum atomic E-state index is -1.10. The third-order valence-electron chi connectivity index (χ3n) is 10.6. The Morgan fingerprint density at radius 2 is 1.34 bits per heavy atom. The van der Waals surface area contributed by atoms with E-state index in [1.165, 1.54) is 37.3 Å². The second kappa shape index (κ2) is 8.35. The molecule has 190 valence electrons. The second-order valence-corrected chi connectivity index (χ2v) is 12.6. The molecule has 4 bridgehead atoms. The van der Waals surface area contributed by atoms with Crippen LogP contribution in [-0.2, 0) is 4.79 Å². The van der Waals surface area contributed by atoms with Crippen molar-refractivity contribution in [2.45, 2.75) is 50.5 Å². The van der Waals surface area contributed by atoms with Crippen LogP contribution in [0, 0.1) is 40.0 Å². The molecule has 2 atom stereocenters. The van der Waals surface area contributed by atoms with Gasteiger partial charge < -0.3 is 5.73 Å². The van der Waals surface area contributed by atoms with Crippen molar-refractivity contribution in [1.82, 2.24) is 0 Å². The maximum absolute atomic E-state index is 13.9. The van der Waals surface area contributed by atoms with Crippen molar-refractivity contribution in [1.29, 1.82) is 0 Å². The van der Waals surface area contributed by atoms with E-state index < -0.39 is 6.04 Å².